The zero-order valence-electron chi connectivity index (χ0n) is 6.32. The van der Waals surface area contributed by atoms with Gasteiger partial charge in [0.15, 0.2) is 0 Å². The molecule has 12 heavy (non-hydrogen) atoms. The summed E-state index contributed by atoms with van der Waals surface area (Å²) in [6.07, 6.45) is -4.32. The monoisotopic (exact) mass is 220 g/mol. The molecule has 0 aliphatic rings. The van der Waals surface area contributed by atoms with Gasteiger partial charge in [0.25, 0.3) is 0 Å². The lowest BCUT2D eigenvalue weighted by Gasteiger charge is -2.15. The van der Waals surface area contributed by atoms with Gasteiger partial charge in [0, 0.05) is 5.88 Å². The van der Waals surface area contributed by atoms with Crippen molar-refractivity contribution in [1.82, 2.24) is 0 Å². The van der Waals surface area contributed by atoms with Gasteiger partial charge in [0.2, 0.25) is 0 Å². The third-order valence-electron chi connectivity index (χ3n) is 0.993. The Morgan fingerprint density at radius 2 is 2.08 bits per heavy atom. The first-order chi connectivity index (χ1) is 5.38. The van der Waals surface area contributed by atoms with E-state index >= 15 is 0 Å². The molecule has 1 nitrogen and oxygen atoms in total. The Morgan fingerprint density at radius 1 is 1.58 bits per heavy atom. The average molecular weight is 221 g/mol. The highest BCUT2D eigenvalue weighted by atomic mass is 35.5. The smallest absolute Gasteiger partial charge is 0.299 e. The van der Waals surface area contributed by atoms with Crippen LogP contribution in [0, 0.1) is 0 Å². The Labute approximate surface area is 77.6 Å². The van der Waals surface area contributed by atoms with E-state index in [1.54, 1.807) is 0 Å². The van der Waals surface area contributed by atoms with Gasteiger partial charge in [0.05, 0.1) is 5.75 Å². The molecule has 0 aromatic rings. The van der Waals surface area contributed by atoms with Crippen LogP contribution in [-0.2, 0) is 4.79 Å². The summed E-state index contributed by atoms with van der Waals surface area (Å²) in [6, 6.07) is 0. The number of carbonyl (C=O) groups excluding carboxylic acids is 1. The van der Waals surface area contributed by atoms with Gasteiger partial charge in [-0.2, -0.15) is 13.2 Å². The predicted molar refractivity (Wildman–Crippen MR) is 43.7 cm³/mol. The fourth-order valence-electron chi connectivity index (χ4n) is 0.444. The predicted octanol–water partition coefficient (Wildman–Crippen LogP) is 2.48. The SMILES string of the molecule is CC(=O)CSC(CCl)C(F)(F)F. The molecule has 0 bridgehead atoms. The van der Waals surface area contributed by atoms with Crippen molar-refractivity contribution in [2.24, 2.45) is 0 Å². The first-order valence-electron chi connectivity index (χ1n) is 3.11. The van der Waals surface area contributed by atoms with Crippen molar-refractivity contribution in [3.05, 3.63) is 0 Å². The number of hydrogen-bond acceptors (Lipinski definition) is 2. The van der Waals surface area contributed by atoms with Crippen LogP contribution in [0.1, 0.15) is 6.92 Å². The molecular weight excluding hydrogens is 213 g/mol. The molecule has 0 aromatic carbocycles. The van der Waals surface area contributed by atoms with Crippen molar-refractivity contribution in [1.29, 1.82) is 0 Å². The lowest BCUT2D eigenvalue weighted by molar-refractivity contribution is -0.124. The second kappa shape index (κ2) is 4.97. The van der Waals surface area contributed by atoms with E-state index in [2.05, 4.69) is 0 Å². The van der Waals surface area contributed by atoms with E-state index in [-0.39, 0.29) is 11.5 Å². The van der Waals surface area contributed by atoms with E-state index in [1.807, 2.05) is 0 Å². The van der Waals surface area contributed by atoms with Gasteiger partial charge in [0.1, 0.15) is 11.0 Å². The third kappa shape index (κ3) is 4.87. The minimum atomic E-state index is -4.32. The van der Waals surface area contributed by atoms with Gasteiger partial charge in [-0.25, -0.2) is 0 Å². The van der Waals surface area contributed by atoms with Crippen molar-refractivity contribution < 1.29 is 18.0 Å². The highest BCUT2D eigenvalue weighted by Gasteiger charge is 2.39. The molecule has 1 atom stereocenters. The lowest BCUT2D eigenvalue weighted by Crippen LogP contribution is -2.28. The molecule has 6 heteroatoms. The maximum atomic E-state index is 12.0. The second-order valence-electron chi connectivity index (χ2n) is 2.20. The number of thioether (sulfide) groups is 1. The third-order valence-corrected chi connectivity index (χ3v) is 2.89. The summed E-state index contributed by atoms with van der Waals surface area (Å²) in [5.41, 5.74) is 0. The van der Waals surface area contributed by atoms with Crippen molar-refractivity contribution >= 4 is 29.1 Å². The van der Waals surface area contributed by atoms with Crippen molar-refractivity contribution in [3.8, 4) is 0 Å². The molecule has 0 aromatic heterocycles. The summed E-state index contributed by atoms with van der Waals surface area (Å²) in [5.74, 6) is -0.933. The molecule has 0 rings (SSSR count). The van der Waals surface area contributed by atoms with Crippen LogP contribution in [0.5, 0.6) is 0 Å². The Morgan fingerprint density at radius 3 is 2.33 bits per heavy atom. The minimum Gasteiger partial charge on any atom is -0.299 e. The minimum absolute atomic E-state index is 0.142. The van der Waals surface area contributed by atoms with Gasteiger partial charge < -0.3 is 0 Å². The summed E-state index contributed by atoms with van der Waals surface area (Å²) in [4.78, 5) is 10.4. The van der Waals surface area contributed by atoms with Crippen LogP contribution >= 0.6 is 23.4 Å². The van der Waals surface area contributed by atoms with Gasteiger partial charge in [-0.1, -0.05) is 0 Å². The van der Waals surface area contributed by atoms with E-state index < -0.39 is 17.3 Å². The second-order valence-corrected chi connectivity index (χ2v) is 3.70. The molecule has 0 saturated heterocycles. The Balaban J connectivity index is 3.92. The first-order valence-corrected chi connectivity index (χ1v) is 4.70. The lowest BCUT2D eigenvalue weighted by atomic mass is 10.5. The number of alkyl halides is 4. The van der Waals surface area contributed by atoms with Crippen LogP contribution in [0.2, 0.25) is 0 Å². The molecule has 0 aliphatic carbocycles. The maximum Gasteiger partial charge on any atom is 0.401 e. The number of halogens is 4. The van der Waals surface area contributed by atoms with Crippen LogP contribution in [0.15, 0.2) is 0 Å². The Kier molecular flexibility index (Phi) is 5.01. The molecule has 0 aliphatic heterocycles. The van der Waals surface area contributed by atoms with Crippen LogP contribution < -0.4 is 0 Å². The molecular formula is C6H8ClF3OS. The normalized spacial score (nSPS) is 14.4. The maximum absolute atomic E-state index is 12.0. The number of rotatable bonds is 4. The van der Waals surface area contributed by atoms with Gasteiger partial charge in [-0.15, -0.1) is 23.4 Å². The van der Waals surface area contributed by atoms with Gasteiger partial charge in [-0.05, 0) is 6.92 Å². The fourth-order valence-corrected chi connectivity index (χ4v) is 1.60. The summed E-state index contributed by atoms with van der Waals surface area (Å²) in [7, 11) is 0. The molecule has 0 N–H and O–H groups in total. The zero-order valence-corrected chi connectivity index (χ0v) is 7.89. The van der Waals surface area contributed by atoms with Crippen molar-refractivity contribution in [2.75, 3.05) is 11.6 Å². The van der Waals surface area contributed by atoms with Gasteiger partial charge >= 0.3 is 6.18 Å². The molecule has 0 amide bonds. The molecule has 72 valence electrons. The zero-order chi connectivity index (χ0) is 9.78. The van der Waals surface area contributed by atoms with Crippen LogP contribution in [0.4, 0.5) is 13.2 Å². The highest BCUT2D eigenvalue weighted by Crippen LogP contribution is 2.31. The van der Waals surface area contributed by atoms with Crippen LogP contribution in [0.25, 0.3) is 0 Å². The topological polar surface area (TPSA) is 17.1 Å². The van der Waals surface area contributed by atoms with E-state index in [1.165, 1.54) is 6.92 Å². The molecule has 1 unspecified atom stereocenters. The summed E-state index contributed by atoms with van der Waals surface area (Å²) < 4.78 is 35.9. The van der Waals surface area contributed by atoms with E-state index in [9.17, 15) is 18.0 Å². The molecule has 0 spiro atoms. The highest BCUT2D eigenvalue weighted by molar-refractivity contribution is 8.00. The molecule has 0 fully saturated rings. The van der Waals surface area contributed by atoms with Gasteiger partial charge in [-0.3, -0.25) is 4.79 Å². The quantitative estimate of drug-likeness (QED) is 0.677. The van der Waals surface area contributed by atoms with Crippen molar-refractivity contribution in [2.45, 2.75) is 18.3 Å². The van der Waals surface area contributed by atoms with Crippen LogP contribution in [-0.4, -0.2) is 28.8 Å². The molecule has 0 radical (unpaired) electrons. The fraction of sp³-hybridized carbons (Fsp3) is 0.833. The number of Topliss-reactive ketones (excluding diaryl/α,β-unsaturated/α-hetero) is 1. The summed E-state index contributed by atoms with van der Waals surface area (Å²) in [5, 5.41) is -1.64. The van der Waals surface area contributed by atoms with E-state index in [0.717, 1.165) is 0 Å². The number of carbonyl (C=O) groups is 1. The molecule has 0 heterocycles. The summed E-state index contributed by atoms with van der Waals surface area (Å²) >= 11 is 5.61. The van der Waals surface area contributed by atoms with Crippen LogP contribution in [0.3, 0.4) is 0 Å². The first kappa shape index (κ1) is 12.1. The Bertz CT molecular complexity index is 159. The standard InChI is InChI=1S/C6H8ClF3OS/c1-4(11)3-12-5(2-7)6(8,9)10/h5H,2-3H2,1H3. The van der Waals surface area contributed by atoms with E-state index in [0.29, 0.717) is 11.8 Å². The number of ketones is 1. The molecule has 0 saturated carbocycles. The van der Waals surface area contributed by atoms with E-state index in [4.69, 9.17) is 11.6 Å². The Hall–Kier alpha value is 0.1000. The average Bonchev–Trinajstić information content (AvgIpc) is 1.85. The summed E-state index contributed by atoms with van der Waals surface area (Å²) in [6.45, 7) is 1.24. The van der Waals surface area contributed by atoms with Crippen molar-refractivity contribution in [3.63, 3.8) is 0 Å². The largest absolute Gasteiger partial charge is 0.401 e. The number of hydrogen-bond donors (Lipinski definition) is 0.